The summed E-state index contributed by atoms with van der Waals surface area (Å²) in [6.07, 6.45) is 2.73. The van der Waals surface area contributed by atoms with Gasteiger partial charge in [0.2, 0.25) is 0 Å². The fourth-order valence-corrected chi connectivity index (χ4v) is 1.96. The van der Waals surface area contributed by atoms with E-state index in [2.05, 4.69) is 15.4 Å². The molecule has 2 heterocycles. The third kappa shape index (κ3) is 3.32. The summed E-state index contributed by atoms with van der Waals surface area (Å²) in [6.45, 7) is 7.45. The highest BCUT2D eigenvalue weighted by Gasteiger charge is 2.10. The predicted octanol–water partition coefficient (Wildman–Crippen LogP) is 1.17. The molecule has 0 unspecified atom stereocenters. The minimum absolute atomic E-state index is 0.811. The lowest BCUT2D eigenvalue weighted by Crippen LogP contribution is -2.29. The second kappa shape index (κ2) is 5.28. The van der Waals surface area contributed by atoms with Gasteiger partial charge in [0.15, 0.2) is 0 Å². The van der Waals surface area contributed by atoms with Crippen LogP contribution < -0.4 is 5.32 Å². The van der Waals surface area contributed by atoms with Gasteiger partial charge in [-0.1, -0.05) is 5.16 Å². The van der Waals surface area contributed by atoms with Gasteiger partial charge in [0.25, 0.3) is 0 Å². The monoisotopic (exact) mass is 209 g/mol. The average molecular weight is 209 g/mol. The van der Waals surface area contributed by atoms with Crippen molar-refractivity contribution in [1.82, 2.24) is 15.4 Å². The number of aryl methyl sites for hydroxylation is 1. The van der Waals surface area contributed by atoms with Crippen molar-refractivity contribution in [2.45, 2.75) is 26.3 Å². The van der Waals surface area contributed by atoms with E-state index in [4.69, 9.17) is 4.52 Å². The lowest BCUT2D eigenvalue weighted by molar-refractivity contribution is 0.334. The Hall–Kier alpha value is -0.870. The lowest BCUT2D eigenvalue weighted by atomic mass is 10.4. The van der Waals surface area contributed by atoms with Gasteiger partial charge < -0.3 is 14.7 Å². The maximum atomic E-state index is 4.99. The topological polar surface area (TPSA) is 41.3 Å². The van der Waals surface area contributed by atoms with Gasteiger partial charge in [-0.25, -0.2) is 0 Å². The second-order valence-electron chi connectivity index (χ2n) is 4.15. The van der Waals surface area contributed by atoms with Crippen molar-refractivity contribution in [2.75, 3.05) is 26.2 Å². The molecular formula is C11H19N3O. The number of aromatic nitrogens is 1. The molecule has 1 N–H and O–H groups in total. The number of nitrogens with zero attached hydrogens (tertiary/aromatic N) is 2. The fraction of sp³-hybridized carbons (Fsp3) is 0.727. The Morgan fingerprint density at radius 3 is 2.93 bits per heavy atom. The molecule has 1 aromatic rings. The summed E-state index contributed by atoms with van der Waals surface area (Å²) in [5.41, 5.74) is 0.994. The maximum Gasteiger partial charge on any atom is 0.133 e. The molecule has 0 aromatic carbocycles. The van der Waals surface area contributed by atoms with E-state index in [0.717, 1.165) is 31.1 Å². The Morgan fingerprint density at radius 1 is 1.47 bits per heavy atom. The first-order valence-electron chi connectivity index (χ1n) is 5.70. The van der Waals surface area contributed by atoms with E-state index in [1.807, 2.05) is 13.0 Å². The zero-order chi connectivity index (χ0) is 10.5. The van der Waals surface area contributed by atoms with Crippen molar-refractivity contribution in [1.29, 1.82) is 0 Å². The number of rotatable bonds is 5. The highest BCUT2D eigenvalue weighted by molar-refractivity contribution is 5.02. The number of hydrogen-bond donors (Lipinski definition) is 1. The molecule has 1 aromatic heterocycles. The smallest absolute Gasteiger partial charge is 0.133 e. The van der Waals surface area contributed by atoms with E-state index in [1.165, 1.54) is 25.9 Å². The van der Waals surface area contributed by atoms with Gasteiger partial charge in [0.1, 0.15) is 5.76 Å². The second-order valence-corrected chi connectivity index (χ2v) is 4.15. The molecule has 4 heteroatoms. The molecule has 15 heavy (non-hydrogen) atoms. The number of hydrogen-bond acceptors (Lipinski definition) is 4. The van der Waals surface area contributed by atoms with Crippen LogP contribution in [0.1, 0.15) is 24.3 Å². The Kier molecular flexibility index (Phi) is 3.75. The van der Waals surface area contributed by atoms with Crippen LogP contribution in [0.2, 0.25) is 0 Å². The minimum atomic E-state index is 0.811. The Bertz CT molecular complexity index is 292. The normalized spacial score (nSPS) is 17.4. The van der Waals surface area contributed by atoms with Crippen LogP contribution in [0.25, 0.3) is 0 Å². The van der Waals surface area contributed by atoms with Crippen LogP contribution in [0.5, 0.6) is 0 Å². The highest BCUT2D eigenvalue weighted by Crippen LogP contribution is 2.05. The van der Waals surface area contributed by atoms with Gasteiger partial charge in [-0.05, 0) is 32.9 Å². The van der Waals surface area contributed by atoms with Crippen LogP contribution in [-0.2, 0) is 6.54 Å². The molecule has 0 radical (unpaired) electrons. The Morgan fingerprint density at radius 2 is 2.27 bits per heavy atom. The van der Waals surface area contributed by atoms with Crippen LogP contribution in [0.15, 0.2) is 10.6 Å². The molecule has 84 valence electrons. The van der Waals surface area contributed by atoms with Gasteiger partial charge in [-0.3, -0.25) is 0 Å². The summed E-state index contributed by atoms with van der Waals surface area (Å²) in [4.78, 5) is 2.50. The third-order valence-corrected chi connectivity index (χ3v) is 2.79. The predicted molar refractivity (Wildman–Crippen MR) is 58.6 cm³/mol. The van der Waals surface area contributed by atoms with Gasteiger partial charge in [0.05, 0.1) is 5.69 Å². The van der Waals surface area contributed by atoms with Crippen molar-refractivity contribution in [3.05, 3.63) is 17.5 Å². The van der Waals surface area contributed by atoms with Crippen molar-refractivity contribution in [3.63, 3.8) is 0 Å². The molecule has 0 bridgehead atoms. The van der Waals surface area contributed by atoms with E-state index in [-0.39, 0.29) is 0 Å². The zero-order valence-electron chi connectivity index (χ0n) is 9.33. The van der Waals surface area contributed by atoms with Crippen molar-refractivity contribution in [2.24, 2.45) is 0 Å². The molecule has 0 atom stereocenters. The molecule has 0 aliphatic carbocycles. The summed E-state index contributed by atoms with van der Waals surface area (Å²) in [7, 11) is 0. The molecule has 1 saturated heterocycles. The van der Waals surface area contributed by atoms with E-state index < -0.39 is 0 Å². The minimum Gasteiger partial charge on any atom is -0.361 e. The standard InChI is InChI=1S/C11H19N3O/c1-10-8-11(13-15-10)9-12-4-7-14-5-2-3-6-14/h8,12H,2-7,9H2,1H3. The molecule has 4 nitrogen and oxygen atoms in total. The summed E-state index contributed by atoms with van der Waals surface area (Å²) < 4.78 is 4.99. The molecular weight excluding hydrogens is 190 g/mol. The summed E-state index contributed by atoms with van der Waals surface area (Å²) in [5, 5.41) is 7.31. The molecule has 2 rings (SSSR count). The quantitative estimate of drug-likeness (QED) is 0.739. The molecule has 1 fully saturated rings. The van der Waals surface area contributed by atoms with E-state index in [1.54, 1.807) is 0 Å². The highest BCUT2D eigenvalue weighted by atomic mass is 16.5. The zero-order valence-corrected chi connectivity index (χ0v) is 9.33. The first-order valence-corrected chi connectivity index (χ1v) is 5.70. The van der Waals surface area contributed by atoms with Gasteiger partial charge in [-0.2, -0.15) is 0 Å². The van der Waals surface area contributed by atoms with Crippen molar-refractivity contribution < 1.29 is 4.52 Å². The average Bonchev–Trinajstić information content (AvgIpc) is 2.84. The molecule has 0 amide bonds. The van der Waals surface area contributed by atoms with Crippen LogP contribution in [0.4, 0.5) is 0 Å². The van der Waals surface area contributed by atoms with Crippen LogP contribution >= 0.6 is 0 Å². The molecule has 1 aliphatic heterocycles. The Labute approximate surface area is 90.6 Å². The largest absolute Gasteiger partial charge is 0.361 e. The van der Waals surface area contributed by atoms with E-state index in [9.17, 15) is 0 Å². The number of likely N-dealkylation sites (tertiary alicyclic amines) is 1. The SMILES string of the molecule is Cc1cc(CNCCN2CCCC2)no1. The Balaban J connectivity index is 1.58. The molecule has 0 spiro atoms. The summed E-state index contributed by atoms with van der Waals surface area (Å²) in [6, 6.07) is 1.98. The third-order valence-electron chi connectivity index (χ3n) is 2.79. The first kappa shape index (κ1) is 10.6. The van der Waals surface area contributed by atoms with Crippen LogP contribution in [0.3, 0.4) is 0 Å². The summed E-state index contributed by atoms with van der Waals surface area (Å²) in [5.74, 6) is 0.881. The van der Waals surface area contributed by atoms with Crippen LogP contribution in [-0.4, -0.2) is 36.2 Å². The van der Waals surface area contributed by atoms with Crippen molar-refractivity contribution in [3.8, 4) is 0 Å². The van der Waals surface area contributed by atoms with E-state index >= 15 is 0 Å². The number of nitrogens with one attached hydrogen (secondary N) is 1. The van der Waals surface area contributed by atoms with Gasteiger partial charge in [0, 0.05) is 25.7 Å². The van der Waals surface area contributed by atoms with Gasteiger partial charge >= 0.3 is 0 Å². The molecule has 0 saturated carbocycles. The first-order chi connectivity index (χ1) is 7.34. The van der Waals surface area contributed by atoms with Crippen molar-refractivity contribution >= 4 is 0 Å². The fourth-order valence-electron chi connectivity index (χ4n) is 1.96. The molecule has 1 aliphatic rings. The lowest BCUT2D eigenvalue weighted by Gasteiger charge is -2.14. The van der Waals surface area contributed by atoms with E-state index in [0.29, 0.717) is 0 Å². The van der Waals surface area contributed by atoms with Crippen LogP contribution in [0, 0.1) is 6.92 Å². The maximum absolute atomic E-state index is 4.99. The summed E-state index contributed by atoms with van der Waals surface area (Å²) >= 11 is 0. The van der Waals surface area contributed by atoms with Gasteiger partial charge in [-0.15, -0.1) is 0 Å².